The highest BCUT2D eigenvalue weighted by Crippen LogP contribution is 2.39. The summed E-state index contributed by atoms with van der Waals surface area (Å²) >= 11 is 1.71. The van der Waals surface area contributed by atoms with Crippen LogP contribution in [0.5, 0.6) is 0 Å². The van der Waals surface area contributed by atoms with Gasteiger partial charge in [-0.2, -0.15) is 0 Å². The van der Waals surface area contributed by atoms with Crippen molar-refractivity contribution in [2.45, 2.75) is 0 Å². The quantitative estimate of drug-likeness (QED) is 0.164. The molecule has 258 valence electrons. The van der Waals surface area contributed by atoms with Crippen LogP contribution in [-0.4, -0.2) is 15.0 Å². The molecule has 0 bridgehead atoms. The monoisotopic (exact) mass is 724 g/mol. The van der Waals surface area contributed by atoms with E-state index >= 15 is 0 Å². The molecule has 3 nitrogen and oxygen atoms in total. The normalized spacial score (nSPS) is 12.5. The molecule has 0 aliphatic rings. The molecule has 4 heteroatoms. The predicted molar refractivity (Wildman–Crippen MR) is 231 cm³/mol. The first-order valence-corrected chi connectivity index (χ1v) is 18.8. The summed E-state index contributed by atoms with van der Waals surface area (Å²) in [4.78, 5) is 14.6. The van der Waals surface area contributed by atoms with Crippen molar-refractivity contribution >= 4 is 31.5 Å². The van der Waals surface area contributed by atoms with Crippen molar-refractivity contribution in [3.05, 3.63) is 200 Å². The molecule has 55 heavy (non-hydrogen) atoms. The molecular formula is C51H33N3S. The average molecular weight is 725 g/mol. The second kappa shape index (κ2) is 14.1. The summed E-state index contributed by atoms with van der Waals surface area (Å²) in [5, 5.41) is 2.15. The van der Waals surface area contributed by atoms with Gasteiger partial charge < -0.3 is 0 Å². The van der Waals surface area contributed by atoms with Crippen LogP contribution >= 0.6 is 11.3 Å². The van der Waals surface area contributed by atoms with Crippen molar-refractivity contribution in [1.82, 2.24) is 15.0 Å². The largest absolute Gasteiger partial charge is 0.208 e. The first-order chi connectivity index (χ1) is 29.3. The predicted octanol–water partition coefficient (Wildman–Crippen LogP) is 13.9. The van der Waals surface area contributed by atoms with E-state index in [1.165, 1.54) is 11.1 Å². The van der Waals surface area contributed by atoms with E-state index in [-0.39, 0.29) is 23.5 Å². The fourth-order valence-corrected chi connectivity index (χ4v) is 8.08. The second-order valence-corrected chi connectivity index (χ2v) is 14.4. The summed E-state index contributed by atoms with van der Waals surface area (Å²) in [6, 6.07) is 56.1. The summed E-state index contributed by atoms with van der Waals surface area (Å²) in [6.45, 7) is 0. The highest BCUT2D eigenvalue weighted by Gasteiger charge is 2.15. The minimum absolute atomic E-state index is 0.00487. The van der Waals surface area contributed by atoms with Crippen molar-refractivity contribution in [2.75, 3.05) is 0 Å². The maximum atomic E-state index is 8.76. The fourth-order valence-electron chi connectivity index (χ4n) is 7.01. The van der Waals surface area contributed by atoms with Gasteiger partial charge in [-0.3, -0.25) is 0 Å². The number of fused-ring (bicyclic) bond motifs is 3. The second-order valence-electron chi connectivity index (χ2n) is 13.3. The van der Waals surface area contributed by atoms with Gasteiger partial charge in [0.05, 0.1) is 6.85 Å². The van der Waals surface area contributed by atoms with Gasteiger partial charge in [-0.05, 0) is 80.9 Å². The van der Waals surface area contributed by atoms with Crippen LogP contribution in [0.2, 0.25) is 0 Å². The molecule has 0 saturated heterocycles. The number of hydrogen-bond acceptors (Lipinski definition) is 4. The van der Waals surface area contributed by atoms with Crippen molar-refractivity contribution < 1.29 is 6.85 Å². The van der Waals surface area contributed by atoms with Crippen LogP contribution in [0.25, 0.3) is 98.8 Å². The molecule has 0 radical (unpaired) electrons. The Morgan fingerprint density at radius 2 is 0.673 bits per heavy atom. The molecule has 0 fully saturated rings. The van der Waals surface area contributed by atoms with E-state index in [0.717, 1.165) is 53.6 Å². The van der Waals surface area contributed by atoms with Crippen LogP contribution in [0.1, 0.15) is 6.85 Å². The van der Waals surface area contributed by atoms with Crippen molar-refractivity contribution in [3.8, 4) is 78.7 Å². The molecule has 10 aromatic rings. The van der Waals surface area contributed by atoms with Gasteiger partial charge in [0.1, 0.15) is 0 Å². The molecule has 0 unspecified atom stereocenters. The highest BCUT2D eigenvalue weighted by molar-refractivity contribution is 7.25. The number of nitrogens with zero attached hydrogens (tertiary/aromatic N) is 3. The first-order valence-electron chi connectivity index (χ1n) is 20.5. The maximum Gasteiger partial charge on any atom is 0.164 e. The molecule has 10 rings (SSSR count). The van der Waals surface area contributed by atoms with Gasteiger partial charge in [-0.1, -0.05) is 164 Å². The molecule has 0 spiro atoms. The van der Waals surface area contributed by atoms with E-state index in [0.29, 0.717) is 22.8 Å². The van der Waals surface area contributed by atoms with Gasteiger partial charge in [-0.15, -0.1) is 11.3 Å². The third-order valence-electron chi connectivity index (χ3n) is 9.86. The maximum absolute atomic E-state index is 8.76. The molecule has 0 atom stereocenters. The standard InChI is InChI=1S/C51H33N3S/c1-4-11-34(12-5-1)36-19-21-37(22-20-36)38-23-25-39(26-24-38)42-27-29-47-45(32-42)46-33-44(28-30-48(46)55-47)51-53-49(40-15-8-3-9-16-40)52-50(54-51)43-18-10-17-41(31-43)35-13-6-2-7-14-35/h1-33H/i3D,8D,9D,15D,16D. The summed E-state index contributed by atoms with van der Waals surface area (Å²) in [7, 11) is 0. The van der Waals surface area contributed by atoms with Crippen LogP contribution in [0, 0.1) is 0 Å². The third kappa shape index (κ3) is 6.50. The van der Waals surface area contributed by atoms with E-state index in [2.05, 4.69) is 103 Å². The Bertz CT molecular complexity index is 3210. The molecular weight excluding hydrogens is 687 g/mol. The van der Waals surface area contributed by atoms with Crippen LogP contribution in [-0.2, 0) is 0 Å². The zero-order valence-electron chi connectivity index (χ0n) is 34.4. The molecule has 0 aliphatic carbocycles. The number of benzene rings is 8. The van der Waals surface area contributed by atoms with Gasteiger partial charge >= 0.3 is 0 Å². The lowest BCUT2D eigenvalue weighted by Crippen LogP contribution is -2.00. The van der Waals surface area contributed by atoms with Crippen molar-refractivity contribution in [3.63, 3.8) is 0 Å². The van der Waals surface area contributed by atoms with Gasteiger partial charge in [-0.25, -0.2) is 15.0 Å². The Kier molecular flexibility index (Phi) is 7.06. The minimum atomic E-state index is -0.474. The molecule has 0 aliphatic heterocycles. The SMILES string of the molecule is [2H]c1c([2H])c([2H])c(-c2nc(-c3cccc(-c4ccccc4)c3)nc(-c3ccc4sc5ccc(-c6ccc(-c7ccc(-c8ccccc8)cc7)cc6)cc5c4c3)n2)c([2H])c1[2H]. The molecule has 2 aromatic heterocycles. The van der Waals surface area contributed by atoms with E-state index in [4.69, 9.17) is 21.8 Å². The lowest BCUT2D eigenvalue weighted by Gasteiger charge is -2.10. The van der Waals surface area contributed by atoms with E-state index in [1.54, 1.807) is 11.3 Å². The van der Waals surface area contributed by atoms with Crippen molar-refractivity contribution in [2.24, 2.45) is 0 Å². The number of thiophene rings is 1. The molecule has 0 saturated carbocycles. The van der Waals surface area contributed by atoms with Gasteiger partial charge in [0, 0.05) is 36.9 Å². The summed E-state index contributed by atoms with van der Waals surface area (Å²) in [5.41, 5.74) is 10.2. The summed E-state index contributed by atoms with van der Waals surface area (Å²) in [5.74, 6) is 0.662. The summed E-state index contributed by atoms with van der Waals surface area (Å²) < 4.78 is 44.7. The number of aromatic nitrogens is 3. The lowest BCUT2D eigenvalue weighted by atomic mass is 9.97. The minimum Gasteiger partial charge on any atom is -0.208 e. The average Bonchev–Trinajstić information content (AvgIpc) is 3.68. The molecule has 0 N–H and O–H groups in total. The Morgan fingerprint density at radius 1 is 0.309 bits per heavy atom. The van der Waals surface area contributed by atoms with E-state index in [1.807, 2.05) is 66.7 Å². The van der Waals surface area contributed by atoms with Crippen molar-refractivity contribution in [1.29, 1.82) is 0 Å². The Labute approximate surface area is 331 Å². The number of rotatable bonds is 7. The third-order valence-corrected chi connectivity index (χ3v) is 11.0. The fraction of sp³-hybridized carbons (Fsp3) is 0. The Morgan fingerprint density at radius 3 is 1.24 bits per heavy atom. The first kappa shape index (κ1) is 27.6. The van der Waals surface area contributed by atoms with Gasteiger partial charge in [0.25, 0.3) is 0 Å². The Balaban J connectivity index is 1.05. The molecule has 2 heterocycles. The zero-order valence-corrected chi connectivity index (χ0v) is 30.2. The van der Waals surface area contributed by atoms with E-state index in [9.17, 15) is 0 Å². The van der Waals surface area contributed by atoms with Crippen LogP contribution in [0.3, 0.4) is 0 Å². The van der Waals surface area contributed by atoms with Gasteiger partial charge in [0.15, 0.2) is 17.5 Å². The van der Waals surface area contributed by atoms with E-state index < -0.39 is 18.1 Å². The summed E-state index contributed by atoms with van der Waals surface area (Å²) in [6.07, 6.45) is 0. The van der Waals surface area contributed by atoms with Crippen LogP contribution in [0.4, 0.5) is 0 Å². The highest BCUT2D eigenvalue weighted by atomic mass is 32.1. The number of hydrogen-bond donors (Lipinski definition) is 0. The zero-order chi connectivity index (χ0) is 40.9. The molecule has 0 amide bonds. The van der Waals surface area contributed by atoms with Crippen LogP contribution < -0.4 is 0 Å². The smallest absolute Gasteiger partial charge is 0.164 e. The molecule has 8 aromatic carbocycles. The lowest BCUT2D eigenvalue weighted by molar-refractivity contribution is 1.07. The Hall–Kier alpha value is -7.01. The van der Waals surface area contributed by atoms with Gasteiger partial charge in [0.2, 0.25) is 0 Å². The van der Waals surface area contributed by atoms with Crippen LogP contribution in [0.15, 0.2) is 200 Å². The topological polar surface area (TPSA) is 38.7 Å².